The number of hydrogen-bond donors (Lipinski definition) is 0. The minimum Gasteiger partial charge on any atom is -0.339 e. The van der Waals surface area contributed by atoms with E-state index in [0.29, 0.717) is 54.6 Å². The van der Waals surface area contributed by atoms with E-state index in [1.807, 2.05) is 12.1 Å². The summed E-state index contributed by atoms with van der Waals surface area (Å²) in [5.74, 6) is 1.64. The maximum Gasteiger partial charge on any atom is 0.243 e. The summed E-state index contributed by atoms with van der Waals surface area (Å²) in [6.45, 7) is 4.14. The van der Waals surface area contributed by atoms with Gasteiger partial charge in [-0.1, -0.05) is 25.8 Å². The molecule has 0 radical (unpaired) electrons. The lowest BCUT2D eigenvalue weighted by Gasteiger charge is -2.48. The number of carbonyl (C=O) groups is 1. The summed E-state index contributed by atoms with van der Waals surface area (Å²) < 4.78 is 28.0. The molecule has 0 spiro atoms. The van der Waals surface area contributed by atoms with Crippen molar-refractivity contribution in [2.24, 2.45) is 17.8 Å². The van der Waals surface area contributed by atoms with Crippen molar-refractivity contribution in [2.75, 3.05) is 19.6 Å². The lowest BCUT2D eigenvalue weighted by Crippen LogP contribution is -2.55. The first kappa shape index (κ1) is 21.4. The molecule has 0 unspecified atom stereocenters. The van der Waals surface area contributed by atoms with Gasteiger partial charge in [0.15, 0.2) is 0 Å². The molecule has 4 aliphatic rings. The van der Waals surface area contributed by atoms with Gasteiger partial charge in [-0.05, 0) is 86.5 Å². The number of benzene rings is 1. The smallest absolute Gasteiger partial charge is 0.243 e. The molecule has 0 bridgehead atoms. The van der Waals surface area contributed by atoms with Gasteiger partial charge < -0.3 is 4.90 Å². The van der Waals surface area contributed by atoms with Crippen molar-refractivity contribution in [3.63, 3.8) is 0 Å². The van der Waals surface area contributed by atoms with Gasteiger partial charge in [-0.3, -0.25) is 4.79 Å². The number of rotatable bonds is 3. The molecule has 31 heavy (non-hydrogen) atoms. The average Bonchev–Trinajstić information content (AvgIpc) is 3.27. The molecule has 5 rings (SSSR count). The summed E-state index contributed by atoms with van der Waals surface area (Å²) in [6.07, 6.45) is 10.5. The second-order valence-electron chi connectivity index (χ2n) is 10.3. The average molecular weight is 445 g/mol. The molecule has 2 aliphatic heterocycles. The third kappa shape index (κ3) is 3.95. The lowest BCUT2D eigenvalue weighted by atomic mass is 9.72. The van der Waals surface area contributed by atoms with Crippen LogP contribution in [0.15, 0.2) is 23.1 Å². The highest BCUT2D eigenvalue weighted by molar-refractivity contribution is 7.89. The molecule has 2 saturated heterocycles. The maximum atomic E-state index is 13.4. The Hall–Kier alpha value is -1.40. The number of amides is 1. The minimum atomic E-state index is -3.48. The van der Waals surface area contributed by atoms with Crippen LogP contribution in [0.5, 0.6) is 0 Å². The van der Waals surface area contributed by atoms with Crippen molar-refractivity contribution in [1.29, 1.82) is 0 Å². The van der Waals surface area contributed by atoms with Crippen molar-refractivity contribution < 1.29 is 13.2 Å². The molecular formula is C25H36N2O3S. The predicted octanol–water partition coefficient (Wildman–Crippen LogP) is 4.00. The fourth-order valence-corrected chi connectivity index (χ4v) is 8.14. The molecule has 3 fully saturated rings. The zero-order chi connectivity index (χ0) is 21.6. The zero-order valence-electron chi connectivity index (χ0n) is 18.8. The van der Waals surface area contributed by atoms with E-state index in [1.54, 1.807) is 10.4 Å². The van der Waals surface area contributed by atoms with Crippen LogP contribution in [0.3, 0.4) is 0 Å². The second kappa shape index (κ2) is 8.51. The van der Waals surface area contributed by atoms with Crippen molar-refractivity contribution in [1.82, 2.24) is 9.21 Å². The molecule has 3 atom stereocenters. The van der Waals surface area contributed by atoms with E-state index in [2.05, 4.69) is 11.8 Å². The summed E-state index contributed by atoms with van der Waals surface area (Å²) in [5, 5.41) is 0. The molecule has 1 aromatic carbocycles. The zero-order valence-corrected chi connectivity index (χ0v) is 19.6. The van der Waals surface area contributed by atoms with E-state index in [4.69, 9.17) is 0 Å². The second-order valence-corrected chi connectivity index (χ2v) is 12.2. The van der Waals surface area contributed by atoms with Gasteiger partial charge >= 0.3 is 0 Å². The Morgan fingerprint density at radius 3 is 2.45 bits per heavy atom. The minimum absolute atomic E-state index is 0.0255. The van der Waals surface area contributed by atoms with Gasteiger partial charge in [-0.2, -0.15) is 4.31 Å². The Morgan fingerprint density at radius 1 is 0.903 bits per heavy atom. The summed E-state index contributed by atoms with van der Waals surface area (Å²) in [4.78, 5) is 16.0. The fourth-order valence-electron chi connectivity index (χ4n) is 6.62. The van der Waals surface area contributed by atoms with E-state index in [9.17, 15) is 13.2 Å². The Bertz CT molecular complexity index is 936. The van der Waals surface area contributed by atoms with Crippen LogP contribution in [0.4, 0.5) is 0 Å². The molecule has 6 heteroatoms. The summed E-state index contributed by atoms with van der Waals surface area (Å²) in [5.41, 5.74) is 2.48. The molecule has 170 valence electrons. The normalized spacial score (nSPS) is 30.1. The van der Waals surface area contributed by atoms with E-state index in [1.165, 1.54) is 30.4 Å². The highest BCUT2D eigenvalue weighted by atomic mass is 32.2. The number of fused-ring (bicyclic) bond motifs is 2. The first-order chi connectivity index (χ1) is 14.9. The van der Waals surface area contributed by atoms with Crippen LogP contribution >= 0.6 is 0 Å². The van der Waals surface area contributed by atoms with Crippen LogP contribution in [0.2, 0.25) is 0 Å². The molecule has 2 aliphatic carbocycles. The van der Waals surface area contributed by atoms with Crippen molar-refractivity contribution in [3.05, 3.63) is 29.3 Å². The number of nitrogens with zero attached hydrogens (tertiary/aromatic N) is 2. The Morgan fingerprint density at radius 2 is 1.65 bits per heavy atom. The maximum absolute atomic E-state index is 13.4. The van der Waals surface area contributed by atoms with Crippen molar-refractivity contribution >= 4 is 15.9 Å². The van der Waals surface area contributed by atoms with Crippen LogP contribution < -0.4 is 0 Å². The van der Waals surface area contributed by atoms with E-state index < -0.39 is 10.0 Å². The molecule has 5 nitrogen and oxygen atoms in total. The van der Waals surface area contributed by atoms with Gasteiger partial charge in [0.05, 0.1) is 4.90 Å². The summed E-state index contributed by atoms with van der Waals surface area (Å²) >= 11 is 0. The molecule has 2 heterocycles. The van der Waals surface area contributed by atoms with E-state index in [-0.39, 0.29) is 5.92 Å². The Balaban J connectivity index is 1.24. The summed E-state index contributed by atoms with van der Waals surface area (Å²) in [6, 6.07) is 6.06. The van der Waals surface area contributed by atoms with Crippen LogP contribution in [0.25, 0.3) is 0 Å². The quantitative estimate of drug-likeness (QED) is 0.708. The molecule has 1 aromatic rings. The first-order valence-electron chi connectivity index (χ1n) is 12.4. The van der Waals surface area contributed by atoms with Crippen LogP contribution in [-0.4, -0.2) is 49.2 Å². The molecule has 0 N–H and O–H groups in total. The van der Waals surface area contributed by atoms with Gasteiger partial charge in [-0.25, -0.2) is 8.42 Å². The van der Waals surface area contributed by atoms with Crippen molar-refractivity contribution in [2.45, 2.75) is 82.1 Å². The SMILES string of the molecule is C[C@@H]1CCN(C(=O)C2CCN(S(=O)(=O)c3ccc4c(c3)CCC4)CC2)[C@H]2CCCC[C@H]12. The van der Waals surface area contributed by atoms with Crippen LogP contribution in [0, 0.1) is 17.8 Å². The Kier molecular flexibility index (Phi) is 5.89. The number of hydrogen-bond acceptors (Lipinski definition) is 3. The van der Waals surface area contributed by atoms with E-state index >= 15 is 0 Å². The number of likely N-dealkylation sites (tertiary alicyclic amines) is 1. The molecule has 0 aromatic heterocycles. The van der Waals surface area contributed by atoms with Gasteiger partial charge in [-0.15, -0.1) is 0 Å². The lowest BCUT2D eigenvalue weighted by molar-refractivity contribution is -0.144. The third-order valence-corrected chi connectivity index (χ3v) is 10.4. The number of sulfonamides is 1. The number of aryl methyl sites for hydroxylation is 2. The van der Waals surface area contributed by atoms with Gasteiger partial charge in [0.25, 0.3) is 0 Å². The van der Waals surface area contributed by atoms with Gasteiger partial charge in [0.2, 0.25) is 15.9 Å². The van der Waals surface area contributed by atoms with Crippen molar-refractivity contribution in [3.8, 4) is 0 Å². The number of carbonyl (C=O) groups excluding carboxylic acids is 1. The monoisotopic (exact) mass is 444 g/mol. The van der Waals surface area contributed by atoms with Crippen LogP contribution in [-0.2, 0) is 27.7 Å². The topological polar surface area (TPSA) is 57.7 Å². The fraction of sp³-hybridized carbons (Fsp3) is 0.720. The highest BCUT2D eigenvalue weighted by Crippen LogP contribution is 2.40. The first-order valence-corrected chi connectivity index (χ1v) is 13.8. The molecular weight excluding hydrogens is 408 g/mol. The standard InChI is InChI=1S/C25H36N2O3S/c1-18-11-16-27(24-8-3-2-7-23(18)24)25(28)20-12-14-26(15-13-20)31(29,30)22-10-9-19-5-4-6-21(19)17-22/h9-10,17-18,20,23-24H,2-8,11-16H2,1H3/t18-,23-,24+/m1/s1. The van der Waals surface area contributed by atoms with Gasteiger partial charge in [0.1, 0.15) is 0 Å². The van der Waals surface area contributed by atoms with Crippen LogP contribution in [0.1, 0.15) is 69.4 Å². The highest BCUT2D eigenvalue weighted by Gasteiger charge is 2.42. The third-order valence-electron chi connectivity index (χ3n) is 8.53. The molecule has 1 saturated carbocycles. The van der Waals surface area contributed by atoms with Gasteiger partial charge in [0, 0.05) is 31.6 Å². The number of piperidine rings is 2. The summed E-state index contributed by atoms with van der Waals surface area (Å²) in [7, 11) is -3.48. The predicted molar refractivity (Wildman–Crippen MR) is 121 cm³/mol. The molecule has 1 amide bonds. The van der Waals surface area contributed by atoms with E-state index in [0.717, 1.165) is 38.6 Å². The Labute approximate surface area is 187 Å². The largest absolute Gasteiger partial charge is 0.339 e.